The number of nitrogens with two attached hydrogens (primary N) is 1. The molecule has 0 saturated carbocycles. The van der Waals surface area contributed by atoms with Gasteiger partial charge in [-0.2, -0.15) is 0 Å². The maximum atomic E-state index is 5.81. The highest BCUT2D eigenvalue weighted by molar-refractivity contribution is 6.30. The largest absolute Gasteiger partial charge is 0.487 e. The van der Waals surface area contributed by atoms with Gasteiger partial charge in [-0.1, -0.05) is 11.6 Å². The second kappa shape index (κ2) is 4.82. The molecule has 2 N–H and O–H groups in total. The van der Waals surface area contributed by atoms with E-state index in [-0.39, 0.29) is 0 Å². The molecule has 0 aliphatic heterocycles. The SMILES string of the molecule is Nc1ccc2nc(COc3ccc(Cl)cc3)cn2c1. The number of nitrogens with zero attached hydrogens (tertiary/aromatic N) is 2. The van der Waals surface area contributed by atoms with E-state index in [1.54, 1.807) is 12.1 Å². The molecule has 0 unspecified atom stereocenters. The van der Waals surface area contributed by atoms with Crippen molar-refractivity contribution >= 4 is 22.9 Å². The van der Waals surface area contributed by atoms with Gasteiger partial charge in [-0.15, -0.1) is 0 Å². The third-order valence-corrected chi connectivity index (χ3v) is 2.98. The zero-order valence-corrected chi connectivity index (χ0v) is 10.8. The van der Waals surface area contributed by atoms with E-state index in [2.05, 4.69) is 4.98 Å². The van der Waals surface area contributed by atoms with Crippen LogP contribution >= 0.6 is 11.6 Å². The molecular formula is C14H12ClN3O. The lowest BCUT2D eigenvalue weighted by Crippen LogP contribution is -1.95. The van der Waals surface area contributed by atoms with Crippen molar-refractivity contribution in [2.24, 2.45) is 0 Å². The summed E-state index contributed by atoms with van der Waals surface area (Å²) < 4.78 is 7.53. The minimum atomic E-state index is 0.406. The van der Waals surface area contributed by atoms with E-state index >= 15 is 0 Å². The quantitative estimate of drug-likeness (QED) is 0.797. The van der Waals surface area contributed by atoms with Gasteiger partial charge in [-0.25, -0.2) is 4.98 Å². The average Bonchev–Trinajstić information content (AvgIpc) is 2.80. The van der Waals surface area contributed by atoms with Crippen LogP contribution in [0.4, 0.5) is 5.69 Å². The first-order valence-corrected chi connectivity index (χ1v) is 6.20. The summed E-state index contributed by atoms with van der Waals surface area (Å²) in [6.07, 6.45) is 3.73. The molecule has 1 aromatic carbocycles. The number of hydrogen-bond donors (Lipinski definition) is 1. The van der Waals surface area contributed by atoms with Gasteiger partial charge < -0.3 is 14.9 Å². The smallest absolute Gasteiger partial charge is 0.137 e. The van der Waals surface area contributed by atoms with Crippen LogP contribution in [0.25, 0.3) is 5.65 Å². The van der Waals surface area contributed by atoms with Crippen LogP contribution in [-0.4, -0.2) is 9.38 Å². The first-order chi connectivity index (χ1) is 9.20. The number of hydrogen-bond acceptors (Lipinski definition) is 3. The van der Waals surface area contributed by atoms with Gasteiger partial charge in [0.05, 0.1) is 5.69 Å². The highest BCUT2D eigenvalue weighted by Crippen LogP contribution is 2.17. The van der Waals surface area contributed by atoms with E-state index in [0.717, 1.165) is 17.1 Å². The standard InChI is InChI=1S/C14H12ClN3O/c15-10-1-4-13(5-2-10)19-9-12-8-18-7-11(16)3-6-14(18)17-12/h1-8H,9,16H2. The lowest BCUT2D eigenvalue weighted by Gasteiger charge is -2.03. The Morgan fingerprint density at radius 1 is 1.11 bits per heavy atom. The summed E-state index contributed by atoms with van der Waals surface area (Å²) >= 11 is 5.81. The summed E-state index contributed by atoms with van der Waals surface area (Å²) in [7, 11) is 0. The molecule has 2 heterocycles. The van der Waals surface area contributed by atoms with E-state index in [9.17, 15) is 0 Å². The Morgan fingerprint density at radius 3 is 2.68 bits per heavy atom. The molecule has 3 aromatic rings. The van der Waals surface area contributed by atoms with Crippen LogP contribution in [0.1, 0.15) is 5.69 Å². The minimum absolute atomic E-state index is 0.406. The van der Waals surface area contributed by atoms with Gasteiger partial charge in [0.15, 0.2) is 0 Å². The lowest BCUT2D eigenvalue weighted by molar-refractivity contribution is 0.302. The highest BCUT2D eigenvalue weighted by atomic mass is 35.5. The molecule has 0 atom stereocenters. The number of aromatic nitrogens is 2. The van der Waals surface area contributed by atoms with Crippen molar-refractivity contribution in [3.05, 3.63) is 59.5 Å². The maximum Gasteiger partial charge on any atom is 0.137 e. The molecule has 0 aliphatic carbocycles. The van der Waals surface area contributed by atoms with Gasteiger partial charge in [0.1, 0.15) is 18.0 Å². The number of pyridine rings is 1. The van der Waals surface area contributed by atoms with Crippen LogP contribution in [0, 0.1) is 0 Å². The molecule has 2 aromatic heterocycles. The molecule has 4 nitrogen and oxygen atoms in total. The second-order valence-electron chi connectivity index (χ2n) is 4.20. The number of imidazole rings is 1. The lowest BCUT2D eigenvalue weighted by atomic mass is 10.3. The van der Waals surface area contributed by atoms with Crippen molar-refractivity contribution in [1.29, 1.82) is 0 Å². The molecule has 0 saturated heterocycles. The molecule has 96 valence electrons. The number of anilines is 1. The first-order valence-electron chi connectivity index (χ1n) is 5.82. The van der Waals surface area contributed by atoms with Crippen LogP contribution in [-0.2, 0) is 6.61 Å². The van der Waals surface area contributed by atoms with Gasteiger partial charge in [0, 0.05) is 23.1 Å². The van der Waals surface area contributed by atoms with E-state index < -0.39 is 0 Å². The number of rotatable bonds is 3. The van der Waals surface area contributed by atoms with Crippen molar-refractivity contribution in [3.8, 4) is 5.75 Å². The average molecular weight is 274 g/mol. The summed E-state index contributed by atoms with van der Waals surface area (Å²) in [5.74, 6) is 0.765. The molecule has 0 fully saturated rings. The van der Waals surface area contributed by atoms with Crippen LogP contribution in [0.5, 0.6) is 5.75 Å². The number of nitrogen functional groups attached to an aromatic ring is 1. The molecule has 0 amide bonds. The van der Waals surface area contributed by atoms with Crippen LogP contribution in [0.2, 0.25) is 5.02 Å². The van der Waals surface area contributed by atoms with E-state index in [1.807, 2.05) is 41.1 Å². The van der Waals surface area contributed by atoms with Gasteiger partial charge in [0.25, 0.3) is 0 Å². The summed E-state index contributed by atoms with van der Waals surface area (Å²) in [6.45, 7) is 0.406. The van der Waals surface area contributed by atoms with Gasteiger partial charge in [0.2, 0.25) is 0 Å². The number of benzene rings is 1. The Hall–Kier alpha value is -2.20. The zero-order chi connectivity index (χ0) is 13.2. The molecule has 0 radical (unpaired) electrons. The van der Waals surface area contributed by atoms with E-state index in [4.69, 9.17) is 22.1 Å². The summed E-state index contributed by atoms with van der Waals surface area (Å²) in [5, 5.41) is 0.690. The topological polar surface area (TPSA) is 52.5 Å². The Bertz CT molecular complexity index is 706. The van der Waals surface area contributed by atoms with Crippen molar-refractivity contribution in [3.63, 3.8) is 0 Å². The fourth-order valence-corrected chi connectivity index (χ4v) is 1.95. The minimum Gasteiger partial charge on any atom is -0.487 e. The molecule has 0 aliphatic rings. The Morgan fingerprint density at radius 2 is 1.89 bits per heavy atom. The third kappa shape index (κ3) is 2.63. The highest BCUT2D eigenvalue weighted by Gasteiger charge is 2.03. The summed E-state index contributed by atoms with van der Waals surface area (Å²) in [6, 6.07) is 10.9. The maximum absolute atomic E-state index is 5.81. The summed E-state index contributed by atoms with van der Waals surface area (Å²) in [5.41, 5.74) is 8.12. The second-order valence-corrected chi connectivity index (χ2v) is 4.64. The van der Waals surface area contributed by atoms with Gasteiger partial charge >= 0.3 is 0 Å². The van der Waals surface area contributed by atoms with Crippen LogP contribution < -0.4 is 10.5 Å². The van der Waals surface area contributed by atoms with Gasteiger partial charge in [-0.05, 0) is 36.4 Å². The zero-order valence-electron chi connectivity index (χ0n) is 10.1. The molecular weight excluding hydrogens is 262 g/mol. The number of fused-ring (bicyclic) bond motifs is 1. The fraction of sp³-hybridized carbons (Fsp3) is 0.0714. The van der Waals surface area contributed by atoms with Crippen molar-refractivity contribution in [2.75, 3.05) is 5.73 Å². The molecule has 0 spiro atoms. The van der Waals surface area contributed by atoms with Crippen molar-refractivity contribution in [2.45, 2.75) is 6.61 Å². The Labute approximate surface area is 115 Å². The first kappa shape index (κ1) is 11.9. The molecule has 3 rings (SSSR count). The predicted octanol–water partition coefficient (Wildman–Crippen LogP) is 3.15. The predicted molar refractivity (Wildman–Crippen MR) is 75.4 cm³/mol. The van der Waals surface area contributed by atoms with Crippen molar-refractivity contribution < 1.29 is 4.74 Å². The fourth-order valence-electron chi connectivity index (χ4n) is 1.82. The number of halogens is 1. The van der Waals surface area contributed by atoms with E-state index in [1.165, 1.54) is 0 Å². The Balaban J connectivity index is 1.76. The van der Waals surface area contributed by atoms with Crippen LogP contribution in [0.15, 0.2) is 48.8 Å². The molecule has 19 heavy (non-hydrogen) atoms. The molecule has 0 bridgehead atoms. The van der Waals surface area contributed by atoms with Crippen LogP contribution in [0.3, 0.4) is 0 Å². The third-order valence-electron chi connectivity index (χ3n) is 2.72. The summed E-state index contributed by atoms with van der Waals surface area (Å²) in [4.78, 5) is 4.44. The monoisotopic (exact) mass is 273 g/mol. The Kier molecular flexibility index (Phi) is 3.01. The van der Waals surface area contributed by atoms with E-state index in [0.29, 0.717) is 17.3 Å². The number of ether oxygens (including phenoxy) is 1. The van der Waals surface area contributed by atoms with Gasteiger partial charge in [-0.3, -0.25) is 0 Å². The van der Waals surface area contributed by atoms with Crippen molar-refractivity contribution in [1.82, 2.24) is 9.38 Å². The normalized spacial score (nSPS) is 10.8. The molecule has 5 heteroatoms.